The Morgan fingerprint density at radius 1 is 1.08 bits per heavy atom. The maximum Gasteiger partial charge on any atom is 0.420 e. The van der Waals surface area contributed by atoms with Crippen molar-refractivity contribution in [1.29, 1.82) is 0 Å². The summed E-state index contributed by atoms with van der Waals surface area (Å²) in [4.78, 5) is 29.8. The summed E-state index contributed by atoms with van der Waals surface area (Å²) in [5, 5.41) is 0. The number of nitrogens with zero attached hydrogens (tertiary/aromatic N) is 3. The van der Waals surface area contributed by atoms with Crippen LogP contribution in [0, 0.1) is 23.3 Å². The van der Waals surface area contributed by atoms with Crippen LogP contribution in [0.15, 0.2) is 47.4 Å². The number of pyridine rings is 1. The Morgan fingerprint density at radius 2 is 1.81 bits per heavy atom. The average molecular weight is 518 g/mol. The number of hydrogen-bond acceptors (Lipinski definition) is 6. The van der Waals surface area contributed by atoms with E-state index in [1.165, 1.54) is 18.3 Å². The Morgan fingerprint density at radius 3 is 2.49 bits per heavy atom. The van der Waals surface area contributed by atoms with Gasteiger partial charge in [0.1, 0.15) is 35.2 Å². The summed E-state index contributed by atoms with van der Waals surface area (Å²) in [6.07, 6.45) is 0.427. The molecule has 0 bridgehead atoms. The van der Waals surface area contributed by atoms with Crippen LogP contribution in [0.3, 0.4) is 0 Å². The number of aromatic nitrogens is 3. The summed E-state index contributed by atoms with van der Waals surface area (Å²) >= 11 is 0. The first-order valence-corrected chi connectivity index (χ1v) is 11.0. The number of ether oxygens (including phenoxy) is 2. The molecule has 0 fully saturated rings. The summed E-state index contributed by atoms with van der Waals surface area (Å²) in [6.45, 7) is 3.92. The molecule has 0 aliphatic heterocycles. The van der Waals surface area contributed by atoms with Crippen LogP contribution in [0.4, 0.5) is 28.0 Å². The molecule has 12 heteroatoms. The van der Waals surface area contributed by atoms with Gasteiger partial charge in [0.25, 0.3) is 5.56 Å². The number of halogens is 4. The fourth-order valence-electron chi connectivity index (χ4n) is 3.55. The highest BCUT2D eigenvalue weighted by atomic mass is 19.2. The molecule has 0 unspecified atom stereocenters. The van der Waals surface area contributed by atoms with Crippen molar-refractivity contribution in [2.45, 2.75) is 39.5 Å². The van der Waals surface area contributed by atoms with Crippen molar-refractivity contribution >= 4 is 22.8 Å². The number of fused-ring (bicyclic) bond motifs is 1. The summed E-state index contributed by atoms with van der Waals surface area (Å²) in [6, 6.07) is 6.32. The van der Waals surface area contributed by atoms with E-state index in [1.807, 2.05) is 0 Å². The summed E-state index contributed by atoms with van der Waals surface area (Å²) in [5.74, 6) is -5.40. The lowest BCUT2D eigenvalue weighted by atomic mass is 10.2. The Kier molecular flexibility index (Phi) is 6.68. The molecule has 2 aromatic heterocycles. The SMILES string of the molecule is CC(C)(C)OC(=O)n1c(Cn2cccc(N)c2=O)nc2c(OCc3ccc(F)cc3F)c(F)c(F)cc21. The number of hydrogen-bond donors (Lipinski definition) is 1. The molecule has 0 aliphatic carbocycles. The molecule has 0 saturated heterocycles. The topological polar surface area (TPSA) is 101 Å². The number of imidazole rings is 1. The first-order chi connectivity index (χ1) is 17.4. The van der Waals surface area contributed by atoms with Crippen LogP contribution in [0.5, 0.6) is 5.75 Å². The molecule has 194 valence electrons. The van der Waals surface area contributed by atoms with E-state index in [1.54, 1.807) is 20.8 Å². The smallest absolute Gasteiger partial charge is 0.420 e. The lowest BCUT2D eigenvalue weighted by Crippen LogP contribution is -2.30. The lowest BCUT2D eigenvalue weighted by Gasteiger charge is -2.20. The third kappa shape index (κ3) is 5.27. The van der Waals surface area contributed by atoms with Gasteiger partial charge in [0, 0.05) is 23.9 Å². The minimum absolute atomic E-state index is 0.0649. The highest BCUT2D eigenvalue weighted by Crippen LogP contribution is 2.33. The van der Waals surface area contributed by atoms with E-state index in [0.717, 1.165) is 27.3 Å². The minimum Gasteiger partial charge on any atom is -0.483 e. The highest BCUT2D eigenvalue weighted by molar-refractivity contribution is 5.91. The second-order valence-corrected chi connectivity index (χ2v) is 9.13. The predicted molar refractivity (Wildman–Crippen MR) is 126 cm³/mol. The molecule has 4 rings (SSSR count). The van der Waals surface area contributed by atoms with Gasteiger partial charge in [0.2, 0.25) is 5.82 Å². The zero-order valence-electron chi connectivity index (χ0n) is 20.0. The fraction of sp³-hybridized carbons (Fsp3) is 0.240. The van der Waals surface area contributed by atoms with E-state index < -0.39 is 52.9 Å². The molecule has 0 spiro atoms. The number of carbonyl (C=O) groups is 1. The molecule has 0 radical (unpaired) electrons. The van der Waals surface area contributed by atoms with Gasteiger partial charge in [-0.15, -0.1) is 0 Å². The molecule has 4 aromatic rings. The molecule has 2 aromatic carbocycles. The van der Waals surface area contributed by atoms with Crippen molar-refractivity contribution in [3.05, 3.63) is 87.6 Å². The quantitative estimate of drug-likeness (QED) is 0.383. The highest BCUT2D eigenvalue weighted by Gasteiger charge is 2.28. The average Bonchev–Trinajstić information content (AvgIpc) is 3.14. The van der Waals surface area contributed by atoms with Gasteiger partial charge < -0.3 is 19.8 Å². The normalized spacial score (nSPS) is 11.6. The van der Waals surface area contributed by atoms with Crippen LogP contribution < -0.4 is 16.0 Å². The van der Waals surface area contributed by atoms with E-state index in [-0.39, 0.29) is 34.7 Å². The third-order valence-corrected chi connectivity index (χ3v) is 5.19. The van der Waals surface area contributed by atoms with Crippen molar-refractivity contribution in [1.82, 2.24) is 14.1 Å². The lowest BCUT2D eigenvalue weighted by molar-refractivity contribution is 0.0538. The van der Waals surface area contributed by atoms with Crippen LogP contribution in [-0.4, -0.2) is 25.8 Å². The van der Waals surface area contributed by atoms with Gasteiger partial charge in [-0.25, -0.2) is 27.5 Å². The zero-order chi connectivity index (χ0) is 27.1. The standard InChI is InChI=1S/C25H22F4N4O4/c1-25(2,3)37-24(35)33-18-10-16(28)20(29)22(36-12-13-6-7-14(26)9-15(13)27)21(18)31-19(33)11-32-8-4-5-17(30)23(32)34/h4-10H,11-12,30H2,1-3H3. The first kappa shape index (κ1) is 25.7. The molecule has 2 heterocycles. The van der Waals surface area contributed by atoms with Crippen molar-refractivity contribution in [3.63, 3.8) is 0 Å². The van der Waals surface area contributed by atoms with Crippen molar-refractivity contribution in [2.75, 3.05) is 5.73 Å². The maximum absolute atomic E-state index is 14.9. The monoisotopic (exact) mass is 518 g/mol. The van der Waals surface area contributed by atoms with E-state index in [4.69, 9.17) is 15.2 Å². The maximum atomic E-state index is 14.9. The third-order valence-electron chi connectivity index (χ3n) is 5.19. The van der Waals surface area contributed by atoms with E-state index in [9.17, 15) is 27.2 Å². The van der Waals surface area contributed by atoms with E-state index in [2.05, 4.69) is 4.98 Å². The first-order valence-electron chi connectivity index (χ1n) is 11.0. The van der Waals surface area contributed by atoms with Crippen molar-refractivity contribution in [3.8, 4) is 5.75 Å². The van der Waals surface area contributed by atoms with Crippen LogP contribution in [0.2, 0.25) is 0 Å². The van der Waals surface area contributed by atoms with Gasteiger partial charge in [-0.2, -0.15) is 4.39 Å². The molecule has 2 N–H and O–H groups in total. The van der Waals surface area contributed by atoms with Crippen LogP contribution in [-0.2, 0) is 17.9 Å². The zero-order valence-corrected chi connectivity index (χ0v) is 20.0. The number of benzene rings is 2. The number of nitrogens with two attached hydrogens (primary N) is 1. The largest absolute Gasteiger partial charge is 0.483 e. The van der Waals surface area contributed by atoms with E-state index >= 15 is 0 Å². The van der Waals surface area contributed by atoms with Crippen molar-refractivity contribution < 1.29 is 31.8 Å². The number of nitrogen functional groups attached to an aromatic ring is 1. The number of anilines is 1. The Labute approximate surface area is 207 Å². The molecule has 0 atom stereocenters. The second kappa shape index (κ2) is 9.60. The number of rotatable bonds is 5. The van der Waals surface area contributed by atoms with Gasteiger partial charge in [-0.1, -0.05) is 0 Å². The Hall–Kier alpha value is -4.35. The number of carbonyl (C=O) groups excluding carboxylic acids is 1. The van der Waals surface area contributed by atoms with Crippen LogP contribution in [0.25, 0.3) is 11.0 Å². The molecule has 0 aliphatic rings. The van der Waals surface area contributed by atoms with Crippen molar-refractivity contribution in [2.24, 2.45) is 0 Å². The Bertz CT molecular complexity index is 1570. The molecular weight excluding hydrogens is 496 g/mol. The summed E-state index contributed by atoms with van der Waals surface area (Å²) < 4.78 is 69.7. The summed E-state index contributed by atoms with van der Waals surface area (Å²) in [7, 11) is 0. The van der Waals surface area contributed by atoms with Crippen LogP contribution in [0.1, 0.15) is 32.2 Å². The van der Waals surface area contributed by atoms with Gasteiger partial charge in [-0.05, 0) is 45.0 Å². The predicted octanol–water partition coefficient (Wildman–Crippen LogP) is 4.75. The van der Waals surface area contributed by atoms with Gasteiger partial charge >= 0.3 is 6.09 Å². The van der Waals surface area contributed by atoms with Crippen LogP contribution >= 0.6 is 0 Å². The molecule has 0 saturated carbocycles. The van der Waals surface area contributed by atoms with Gasteiger partial charge in [0.05, 0.1) is 17.7 Å². The molecule has 0 amide bonds. The second-order valence-electron chi connectivity index (χ2n) is 9.13. The van der Waals surface area contributed by atoms with E-state index in [0.29, 0.717) is 6.07 Å². The van der Waals surface area contributed by atoms with Gasteiger partial charge in [0.15, 0.2) is 11.6 Å². The Balaban J connectivity index is 1.87. The molecule has 37 heavy (non-hydrogen) atoms. The fourth-order valence-corrected chi connectivity index (χ4v) is 3.55. The summed E-state index contributed by atoms with van der Waals surface area (Å²) in [5.41, 5.74) is 3.46. The molecule has 8 nitrogen and oxygen atoms in total. The minimum atomic E-state index is -1.43. The molecular formula is C25H22F4N4O4. The van der Waals surface area contributed by atoms with Gasteiger partial charge in [-0.3, -0.25) is 4.79 Å².